The van der Waals surface area contributed by atoms with Gasteiger partial charge >= 0.3 is 0 Å². The molecule has 138 valence electrons. The van der Waals surface area contributed by atoms with E-state index in [-0.39, 0.29) is 11.7 Å². The molecule has 0 amide bonds. The van der Waals surface area contributed by atoms with E-state index in [4.69, 9.17) is 10.1 Å². The number of thiazole rings is 1. The summed E-state index contributed by atoms with van der Waals surface area (Å²) >= 11 is 1.47. The Kier molecular flexibility index (Phi) is 4.66. The highest BCUT2D eigenvalue weighted by Gasteiger charge is 2.22. The van der Waals surface area contributed by atoms with Crippen LogP contribution < -0.4 is 10.1 Å². The predicted octanol–water partition coefficient (Wildman–Crippen LogP) is 5.19. The zero-order valence-corrected chi connectivity index (χ0v) is 16.0. The number of rotatable bonds is 3. The number of ether oxygens (including phenoxy) is 1. The molecule has 0 bridgehead atoms. The Labute approximate surface area is 161 Å². The molecule has 0 atom stereocenters. The third kappa shape index (κ3) is 3.32. The van der Waals surface area contributed by atoms with Gasteiger partial charge in [-0.3, -0.25) is 5.41 Å². The number of hydrogen-bond acceptors (Lipinski definition) is 4. The summed E-state index contributed by atoms with van der Waals surface area (Å²) in [6.07, 6.45) is 2.89. The second-order valence-corrected chi connectivity index (χ2v) is 7.60. The van der Waals surface area contributed by atoms with Gasteiger partial charge in [0.05, 0.1) is 23.4 Å². The number of methoxy groups -OCH3 is 1. The van der Waals surface area contributed by atoms with Gasteiger partial charge in [0.25, 0.3) is 0 Å². The summed E-state index contributed by atoms with van der Waals surface area (Å²) in [7, 11) is 1.66. The first kappa shape index (κ1) is 17.7. The van der Waals surface area contributed by atoms with E-state index >= 15 is 0 Å². The third-order valence-electron chi connectivity index (χ3n) is 4.80. The number of nitrogens with one attached hydrogen (secondary N) is 2. The number of aromatic nitrogens is 1. The Balaban J connectivity index is 1.71. The van der Waals surface area contributed by atoms with Crippen LogP contribution in [0.4, 0.5) is 10.1 Å². The van der Waals surface area contributed by atoms with Crippen LogP contribution in [0.15, 0.2) is 36.4 Å². The fourth-order valence-corrected chi connectivity index (χ4v) is 4.43. The van der Waals surface area contributed by atoms with E-state index < -0.39 is 0 Å². The number of fused-ring (bicyclic) bond motifs is 3. The number of aryl methyl sites for hydroxylation is 3. The maximum Gasteiger partial charge on any atom is 0.159 e. The molecular weight excluding hydrogens is 361 g/mol. The Hall–Kier alpha value is -2.73. The number of para-hydroxylation sites is 1. The smallest absolute Gasteiger partial charge is 0.159 e. The summed E-state index contributed by atoms with van der Waals surface area (Å²) in [5.41, 5.74) is 4.48. The van der Waals surface area contributed by atoms with Gasteiger partial charge in [0.1, 0.15) is 11.6 Å². The van der Waals surface area contributed by atoms with Gasteiger partial charge in [0.2, 0.25) is 0 Å². The van der Waals surface area contributed by atoms with E-state index in [9.17, 15) is 4.39 Å². The van der Waals surface area contributed by atoms with Gasteiger partial charge in [0, 0.05) is 5.56 Å². The topological polar surface area (TPSA) is 58.0 Å². The number of amidine groups is 1. The SMILES string of the molecule is COc1ccc2c(c1)-c1sc(C(=N)Nc3c(C)cccc3F)nc1CCC2. The second-order valence-electron chi connectivity index (χ2n) is 6.60. The zero-order chi connectivity index (χ0) is 19.0. The van der Waals surface area contributed by atoms with E-state index in [1.807, 2.05) is 25.1 Å². The molecule has 0 saturated heterocycles. The number of hydrogen-bond donors (Lipinski definition) is 2. The molecule has 4 nitrogen and oxygen atoms in total. The fraction of sp³-hybridized carbons (Fsp3) is 0.238. The summed E-state index contributed by atoms with van der Waals surface area (Å²) in [6, 6.07) is 11.0. The van der Waals surface area contributed by atoms with Crippen molar-refractivity contribution in [3.63, 3.8) is 0 Å². The average molecular weight is 381 g/mol. The molecule has 2 aromatic carbocycles. The lowest BCUT2D eigenvalue weighted by atomic mass is 10.0. The monoisotopic (exact) mass is 381 g/mol. The Morgan fingerprint density at radius 2 is 2.11 bits per heavy atom. The van der Waals surface area contributed by atoms with Gasteiger partial charge in [-0.05, 0) is 55.5 Å². The lowest BCUT2D eigenvalue weighted by Crippen LogP contribution is -2.14. The maximum absolute atomic E-state index is 14.1. The Morgan fingerprint density at radius 1 is 1.26 bits per heavy atom. The van der Waals surface area contributed by atoms with Gasteiger partial charge < -0.3 is 10.1 Å². The van der Waals surface area contributed by atoms with Crippen LogP contribution in [0.25, 0.3) is 10.4 Å². The molecule has 0 aliphatic heterocycles. The average Bonchev–Trinajstić information content (AvgIpc) is 3.02. The molecule has 4 rings (SSSR count). The minimum absolute atomic E-state index is 0.116. The number of halogens is 1. The van der Waals surface area contributed by atoms with Crippen LogP contribution in [0.3, 0.4) is 0 Å². The van der Waals surface area contributed by atoms with E-state index in [2.05, 4.69) is 16.4 Å². The first-order chi connectivity index (χ1) is 13.1. The second kappa shape index (κ2) is 7.12. The van der Waals surface area contributed by atoms with Crippen LogP contribution in [0.1, 0.15) is 28.2 Å². The zero-order valence-electron chi connectivity index (χ0n) is 15.2. The highest BCUT2D eigenvalue weighted by atomic mass is 32.1. The van der Waals surface area contributed by atoms with E-state index in [1.54, 1.807) is 13.2 Å². The molecule has 0 unspecified atom stereocenters. The van der Waals surface area contributed by atoms with Crippen LogP contribution in [0.2, 0.25) is 0 Å². The highest BCUT2D eigenvalue weighted by Crippen LogP contribution is 2.39. The van der Waals surface area contributed by atoms with Crippen molar-refractivity contribution in [3.05, 3.63) is 64.0 Å². The highest BCUT2D eigenvalue weighted by molar-refractivity contribution is 7.17. The van der Waals surface area contributed by atoms with Crippen molar-refractivity contribution < 1.29 is 9.13 Å². The van der Waals surface area contributed by atoms with E-state index in [0.717, 1.165) is 46.7 Å². The van der Waals surface area contributed by atoms with Gasteiger partial charge in [0.15, 0.2) is 10.8 Å². The molecule has 2 N–H and O–H groups in total. The molecule has 6 heteroatoms. The molecule has 1 aliphatic carbocycles. The lowest BCUT2D eigenvalue weighted by Gasteiger charge is -2.10. The van der Waals surface area contributed by atoms with Crippen molar-refractivity contribution in [2.24, 2.45) is 0 Å². The fourth-order valence-electron chi connectivity index (χ4n) is 3.37. The minimum atomic E-state index is -0.368. The van der Waals surface area contributed by atoms with Crippen molar-refractivity contribution >= 4 is 22.9 Å². The summed E-state index contributed by atoms with van der Waals surface area (Å²) in [4.78, 5) is 5.77. The predicted molar refractivity (Wildman–Crippen MR) is 108 cm³/mol. The summed E-state index contributed by atoms with van der Waals surface area (Å²) in [5, 5.41) is 11.9. The largest absolute Gasteiger partial charge is 0.497 e. The standard InChI is InChI=1S/C21H20FN3OS/c1-12-5-3-7-16(22)18(12)25-20(23)21-24-17-8-4-6-13-9-10-14(26-2)11-15(13)19(17)27-21/h3,5,7,9-11H,4,6,8H2,1-2H3,(H2,23,25). The van der Waals surface area contributed by atoms with Crippen molar-refractivity contribution in [1.29, 1.82) is 5.41 Å². The molecule has 0 radical (unpaired) electrons. The summed E-state index contributed by atoms with van der Waals surface area (Å²) in [6.45, 7) is 1.82. The lowest BCUT2D eigenvalue weighted by molar-refractivity contribution is 0.415. The maximum atomic E-state index is 14.1. The molecule has 1 aromatic heterocycles. The van der Waals surface area contributed by atoms with Gasteiger partial charge in [-0.25, -0.2) is 9.37 Å². The van der Waals surface area contributed by atoms with E-state index in [0.29, 0.717) is 10.7 Å². The first-order valence-electron chi connectivity index (χ1n) is 8.85. The van der Waals surface area contributed by atoms with E-state index in [1.165, 1.54) is 23.0 Å². The normalized spacial score (nSPS) is 12.7. The molecule has 1 aliphatic rings. The Bertz CT molecular complexity index is 1010. The molecular formula is C21H20FN3OS. The molecule has 3 aromatic rings. The molecule has 1 heterocycles. The quantitative estimate of drug-likeness (QED) is 0.485. The van der Waals surface area contributed by atoms with Gasteiger partial charge in [-0.15, -0.1) is 11.3 Å². The minimum Gasteiger partial charge on any atom is -0.497 e. The third-order valence-corrected chi connectivity index (χ3v) is 5.95. The molecule has 0 fully saturated rings. The number of nitrogens with zero attached hydrogens (tertiary/aromatic N) is 1. The summed E-state index contributed by atoms with van der Waals surface area (Å²) in [5.74, 6) is 0.561. The van der Waals surface area contributed by atoms with Crippen molar-refractivity contribution in [1.82, 2.24) is 4.98 Å². The van der Waals surface area contributed by atoms with Crippen LogP contribution in [0, 0.1) is 18.2 Å². The van der Waals surface area contributed by atoms with Crippen molar-refractivity contribution in [2.45, 2.75) is 26.2 Å². The number of benzene rings is 2. The van der Waals surface area contributed by atoms with Crippen LogP contribution in [0.5, 0.6) is 5.75 Å². The van der Waals surface area contributed by atoms with Crippen molar-refractivity contribution in [3.8, 4) is 16.2 Å². The van der Waals surface area contributed by atoms with Crippen LogP contribution in [-0.4, -0.2) is 17.9 Å². The van der Waals surface area contributed by atoms with Crippen LogP contribution in [-0.2, 0) is 12.8 Å². The van der Waals surface area contributed by atoms with Gasteiger partial charge in [-0.1, -0.05) is 18.2 Å². The molecule has 27 heavy (non-hydrogen) atoms. The van der Waals surface area contributed by atoms with Crippen molar-refractivity contribution in [2.75, 3.05) is 12.4 Å². The summed E-state index contributed by atoms with van der Waals surface area (Å²) < 4.78 is 19.5. The Morgan fingerprint density at radius 3 is 2.89 bits per heavy atom. The molecule has 0 saturated carbocycles. The number of anilines is 1. The van der Waals surface area contributed by atoms with Crippen LogP contribution >= 0.6 is 11.3 Å². The van der Waals surface area contributed by atoms with Gasteiger partial charge in [-0.2, -0.15) is 0 Å². The first-order valence-corrected chi connectivity index (χ1v) is 9.66. The molecule has 0 spiro atoms.